The number of amides is 1. The van der Waals surface area contributed by atoms with Gasteiger partial charge in [-0.2, -0.15) is 16.8 Å². The predicted molar refractivity (Wildman–Crippen MR) is 139 cm³/mol. The number of nitrogens with zero attached hydrogens (tertiary/aromatic N) is 2. The third-order valence-electron chi connectivity index (χ3n) is 5.45. The van der Waals surface area contributed by atoms with Crippen molar-refractivity contribution in [1.29, 1.82) is 0 Å². The predicted octanol–water partition coefficient (Wildman–Crippen LogP) is 4.60. The van der Waals surface area contributed by atoms with Gasteiger partial charge in [0.1, 0.15) is 16.3 Å². The molecular formula is C24H20N4O8S2. The molecule has 0 aliphatic rings. The van der Waals surface area contributed by atoms with Crippen molar-refractivity contribution < 1.29 is 35.8 Å². The second kappa shape index (κ2) is 9.83. The highest BCUT2D eigenvalue weighted by Gasteiger charge is 2.21. The summed E-state index contributed by atoms with van der Waals surface area (Å²) in [5.41, 5.74) is 5.76. The van der Waals surface area contributed by atoms with Crippen LogP contribution in [0.3, 0.4) is 0 Å². The van der Waals surface area contributed by atoms with Crippen molar-refractivity contribution in [2.75, 3.05) is 11.1 Å². The van der Waals surface area contributed by atoms with Crippen molar-refractivity contribution in [3.63, 3.8) is 0 Å². The summed E-state index contributed by atoms with van der Waals surface area (Å²) in [6, 6.07) is 14.9. The van der Waals surface area contributed by atoms with Gasteiger partial charge in [-0.05, 0) is 66.4 Å². The number of hydrogen-bond donors (Lipinski definition) is 5. The fourth-order valence-electron chi connectivity index (χ4n) is 3.71. The van der Waals surface area contributed by atoms with E-state index in [1.807, 2.05) is 0 Å². The Labute approximate surface area is 217 Å². The zero-order valence-corrected chi connectivity index (χ0v) is 21.2. The van der Waals surface area contributed by atoms with Gasteiger partial charge in [-0.3, -0.25) is 13.9 Å². The third-order valence-corrected chi connectivity index (χ3v) is 7.18. The van der Waals surface area contributed by atoms with Crippen LogP contribution < -0.4 is 11.1 Å². The largest absolute Gasteiger partial charge is 0.505 e. The number of azo groups is 1. The average molecular weight is 557 g/mol. The van der Waals surface area contributed by atoms with Gasteiger partial charge in [-0.1, -0.05) is 18.2 Å². The Hall–Kier alpha value is -4.37. The van der Waals surface area contributed by atoms with E-state index >= 15 is 0 Å². The molecule has 4 rings (SSSR count). The third kappa shape index (κ3) is 5.47. The van der Waals surface area contributed by atoms with Gasteiger partial charge in [0.05, 0.1) is 10.6 Å². The Morgan fingerprint density at radius 1 is 0.895 bits per heavy atom. The highest BCUT2D eigenvalue weighted by Crippen LogP contribution is 2.43. The normalized spacial score (nSPS) is 12.2. The van der Waals surface area contributed by atoms with Crippen molar-refractivity contribution in [3.8, 4) is 5.75 Å². The summed E-state index contributed by atoms with van der Waals surface area (Å²) in [6.45, 7) is 1.51. The Morgan fingerprint density at radius 2 is 1.58 bits per heavy atom. The molecule has 6 N–H and O–H groups in total. The van der Waals surface area contributed by atoms with Crippen LogP contribution in [0.2, 0.25) is 0 Å². The fraction of sp³-hybridized carbons (Fsp3) is 0.0417. The summed E-state index contributed by atoms with van der Waals surface area (Å²) >= 11 is 0. The van der Waals surface area contributed by atoms with Gasteiger partial charge in [0.2, 0.25) is 0 Å². The lowest BCUT2D eigenvalue weighted by molar-refractivity contribution is 0.102. The van der Waals surface area contributed by atoms with Crippen LogP contribution in [0, 0.1) is 6.92 Å². The molecule has 4 aromatic carbocycles. The molecule has 1 amide bonds. The molecule has 0 bridgehead atoms. The van der Waals surface area contributed by atoms with E-state index < -0.39 is 41.7 Å². The number of aromatic hydroxyl groups is 1. The number of nitrogens with one attached hydrogen (secondary N) is 1. The number of fused-ring (bicyclic) bond motifs is 1. The van der Waals surface area contributed by atoms with Crippen LogP contribution in [0.15, 0.2) is 86.7 Å². The second-order valence-corrected chi connectivity index (χ2v) is 11.0. The van der Waals surface area contributed by atoms with Crippen LogP contribution in [0.25, 0.3) is 10.8 Å². The number of phenolic OH excluding ortho intramolecular Hbond substituents is 1. The minimum atomic E-state index is -4.69. The van der Waals surface area contributed by atoms with Crippen molar-refractivity contribution in [2.24, 2.45) is 10.2 Å². The van der Waals surface area contributed by atoms with Crippen molar-refractivity contribution in [3.05, 3.63) is 77.9 Å². The molecule has 0 unspecified atom stereocenters. The molecule has 14 heteroatoms. The Balaban J connectivity index is 1.92. The van der Waals surface area contributed by atoms with Crippen LogP contribution in [0.4, 0.5) is 22.7 Å². The molecule has 0 atom stereocenters. The molecule has 0 aromatic heterocycles. The number of hydrogen-bond acceptors (Lipinski definition) is 9. The zero-order chi connectivity index (χ0) is 27.8. The van der Waals surface area contributed by atoms with Crippen molar-refractivity contribution in [2.45, 2.75) is 16.7 Å². The van der Waals surface area contributed by atoms with E-state index in [0.717, 1.165) is 24.3 Å². The molecule has 0 radical (unpaired) electrons. The number of aryl methyl sites for hydroxylation is 1. The van der Waals surface area contributed by atoms with Gasteiger partial charge in [0, 0.05) is 16.6 Å². The van der Waals surface area contributed by atoms with E-state index in [-0.39, 0.29) is 44.6 Å². The number of phenols is 1. The molecule has 0 saturated heterocycles. The van der Waals surface area contributed by atoms with Crippen LogP contribution in [-0.2, 0) is 20.2 Å². The maximum absolute atomic E-state index is 12.8. The number of benzene rings is 4. The van der Waals surface area contributed by atoms with Crippen LogP contribution in [0.1, 0.15) is 15.9 Å². The number of nitrogen functional groups attached to an aromatic ring is 1. The first-order chi connectivity index (χ1) is 17.8. The molecule has 38 heavy (non-hydrogen) atoms. The maximum Gasteiger partial charge on any atom is 0.296 e. The molecule has 4 aromatic rings. The monoisotopic (exact) mass is 556 g/mol. The van der Waals surface area contributed by atoms with E-state index in [4.69, 9.17) is 5.73 Å². The van der Waals surface area contributed by atoms with Crippen LogP contribution in [0.5, 0.6) is 5.75 Å². The second-order valence-electron chi connectivity index (χ2n) is 8.16. The molecule has 0 aliphatic carbocycles. The highest BCUT2D eigenvalue weighted by molar-refractivity contribution is 7.86. The van der Waals surface area contributed by atoms with Gasteiger partial charge in [0.15, 0.2) is 5.75 Å². The summed E-state index contributed by atoms with van der Waals surface area (Å²) in [6.07, 6.45) is 0. The fourth-order valence-corrected chi connectivity index (χ4v) is 4.86. The lowest BCUT2D eigenvalue weighted by atomic mass is 10.0. The van der Waals surface area contributed by atoms with Gasteiger partial charge in [-0.15, -0.1) is 10.2 Å². The summed E-state index contributed by atoms with van der Waals surface area (Å²) in [5, 5.41) is 21.6. The maximum atomic E-state index is 12.8. The Bertz CT molecular complexity index is 1840. The molecule has 0 heterocycles. The zero-order valence-electron chi connectivity index (χ0n) is 19.5. The summed E-state index contributed by atoms with van der Waals surface area (Å²) in [4.78, 5) is 11.7. The van der Waals surface area contributed by atoms with E-state index in [2.05, 4.69) is 15.5 Å². The van der Waals surface area contributed by atoms with Gasteiger partial charge in [-0.25, -0.2) is 0 Å². The lowest BCUT2D eigenvalue weighted by Gasteiger charge is -2.14. The summed E-state index contributed by atoms with van der Waals surface area (Å²) in [5.74, 6) is -1.15. The molecule has 0 spiro atoms. The van der Waals surface area contributed by atoms with E-state index in [1.54, 1.807) is 18.2 Å². The lowest BCUT2D eigenvalue weighted by Crippen LogP contribution is -2.13. The standard InChI is InChI=1S/C24H20N4O8S2/c1-13-9-15-10-17(37(31,32)33)12-19(26-24(30)14-5-3-2-4-6-14)21(15)23(29)22(13)28-27-18-11-16(25)7-8-20(18)38(34,35)36/h2-12,29H,25H2,1H3,(H,26,30)(H,31,32,33)(H,34,35,36). The van der Waals surface area contributed by atoms with Gasteiger partial charge in [0.25, 0.3) is 26.1 Å². The quantitative estimate of drug-likeness (QED) is 0.127. The number of rotatable bonds is 6. The number of nitrogens with two attached hydrogens (primary N) is 1. The SMILES string of the molecule is Cc1cc2cc(S(=O)(=O)O)cc(NC(=O)c3ccccc3)c2c(O)c1N=Nc1cc(N)ccc1S(=O)(=O)O. The molecule has 0 fully saturated rings. The van der Waals surface area contributed by atoms with E-state index in [9.17, 15) is 35.8 Å². The average Bonchev–Trinajstić information content (AvgIpc) is 2.82. The summed E-state index contributed by atoms with van der Waals surface area (Å²) < 4.78 is 66.3. The number of anilines is 2. The molecular weight excluding hydrogens is 536 g/mol. The smallest absolute Gasteiger partial charge is 0.296 e. The minimum Gasteiger partial charge on any atom is -0.505 e. The van der Waals surface area contributed by atoms with Crippen molar-refractivity contribution in [1.82, 2.24) is 0 Å². The van der Waals surface area contributed by atoms with Crippen molar-refractivity contribution >= 4 is 59.7 Å². The molecule has 0 aliphatic heterocycles. The highest BCUT2D eigenvalue weighted by atomic mass is 32.2. The Morgan fingerprint density at radius 3 is 2.21 bits per heavy atom. The van der Waals surface area contributed by atoms with Crippen LogP contribution >= 0.6 is 0 Å². The minimum absolute atomic E-state index is 0.0243. The number of carbonyl (C=O) groups excluding carboxylic acids is 1. The molecule has 196 valence electrons. The number of carbonyl (C=O) groups is 1. The first-order valence-electron chi connectivity index (χ1n) is 10.7. The molecule has 0 saturated carbocycles. The molecule has 12 nitrogen and oxygen atoms in total. The van der Waals surface area contributed by atoms with Crippen LogP contribution in [-0.4, -0.2) is 37.0 Å². The summed E-state index contributed by atoms with van der Waals surface area (Å²) in [7, 11) is -9.36. The topological polar surface area (TPSA) is 209 Å². The van der Waals surface area contributed by atoms with Gasteiger partial charge < -0.3 is 16.2 Å². The first-order valence-corrected chi connectivity index (χ1v) is 13.6. The Kier molecular flexibility index (Phi) is 6.90. The van der Waals surface area contributed by atoms with E-state index in [0.29, 0.717) is 0 Å². The first kappa shape index (κ1) is 26.7. The van der Waals surface area contributed by atoms with E-state index in [1.165, 1.54) is 31.2 Å². The van der Waals surface area contributed by atoms with Gasteiger partial charge >= 0.3 is 0 Å².